The van der Waals surface area contributed by atoms with Crippen molar-refractivity contribution < 1.29 is 9.53 Å². The average Bonchev–Trinajstić information content (AvgIpc) is 2.94. The number of likely N-dealkylation sites (N-methyl/N-ethyl adjacent to an activating group) is 2. The molecule has 0 spiro atoms. The topological polar surface area (TPSA) is 50.6 Å². The lowest BCUT2D eigenvalue weighted by Crippen LogP contribution is -2.50. The van der Waals surface area contributed by atoms with Gasteiger partial charge in [-0.05, 0) is 19.4 Å². The Morgan fingerprint density at radius 1 is 1.52 bits per heavy atom. The predicted molar refractivity (Wildman–Crippen MR) is 78.9 cm³/mol. The highest BCUT2D eigenvalue weighted by atomic mass is 16.5. The van der Waals surface area contributed by atoms with E-state index >= 15 is 0 Å². The van der Waals surface area contributed by atoms with Gasteiger partial charge in [-0.15, -0.1) is 0 Å². The number of amides is 1. The van der Waals surface area contributed by atoms with Crippen molar-refractivity contribution in [3.63, 3.8) is 0 Å². The number of morpholine rings is 1. The zero-order chi connectivity index (χ0) is 14.8. The Bertz CT molecular complexity index is 502. The van der Waals surface area contributed by atoms with E-state index in [-0.39, 0.29) is 12.0 Å². The van der Waals surface area contributed by atoms with Crippen LogP contribution in [0, 0.1) is 5.92 Å². The lowest BCUT2D eigenvalue weighted by Gasteiger charge is -2.33. The van der Waals surface area contributed by atoms with Gasteiger partial charge in [0.25, 0.3) is 5.91 Å². The van der Waals surface area contributed by atoms with Crippen molar-refractivity contribution in [2.24, 2.45) is 5.92 Å². The highest BCUT2D eigenvalue weighted by molar-refractivity contribution is 5.81. The van der Waals surface area contributed by atoms with Crippen LogP contribution in [-0.2, 0) is 22.5 Å². The molecule has 2 aliphatic rings. The number of fused-ring (bicyclic) bond motifs is 1. The smallest absolute Gasteiger partial charge is 0.252 e. The largest absolute Gasteiger partial charge is 0.366 e. The van der Waals surface area contributed by atoms with Crippen LogP contribution in [0.5, 0.6) is 0 Å². The zero-order valence-electron chi connectivity index (χ0n) is 12.9. The zero-order valence-corrected chi connectivity index (χ0v) is 12.9. The monoisotopic (exact) mass is 292 g/mol. The van der Waals surface area contributed by atoms with E-state index in [4.69, 9.17) is 4.74 Å². The predicted octanol–water partition coefficient (Wildman–Crippen LogP) is 0.235. The molecule has 0 radical (unpaired) electrons. The third kappa shape index (κ3) is 3.27. The minimum Gasteiger partial charge on any atom is -0.366 e. The molecule has 2 aliphatic heterocycles. The van der Waals surface area contributed by atoms with Gasteiger partial charge in [-0.1, -0.05) is 0 Å². The van der Waals surface area contributed by atoms with Gasteiger partial charge >= 0.3 is 0 Å². The van der Waals surface area contributed by atoms with Gasteiger partial charge in [0.05, 0.1) is 6.61 Å². The molecule has 1 aromatic rings. The van der Waals surface area contributed by atoms with Crippen LogP contribution in [0.2, 0.25) is 0 Å². The van der Waals surface area contributed by atoms with Crippen LogP contribution >= 0.6 is 0 Å². The first-order chi connectivity index (χ1) is 10.1. The molecule has 3 heterocycles. The average molecular weight is 292 g/mol. The number of ether oxygens (including phenoxy) is 1. The van der Waals surface area contributed by atoms with Crippen LogP contribution in [0.4, 0.5) is 0 Å². The van der Waals surface area contributed by atoms with E-state index in [1.165, 1.54) is 0 Å². The number of nitrogens with zero attached hydrogens (tertiary/aromatic N) is 4. The molecule has 0 saturated carbocycles. The second-order valence-corrected chi connectivity index (χ2v) is 6.24. The molecule has 6 heteroatoms. The first-order valence-corrected chi connectivity index (χ1v) is 7.68. The quantitative estimate of drug-likeness (QED) is 0.800. The summed E-state index contributed by atoms with van der Waals surface area (Å²) in [7, 11) is 3.92. The van der Waals surface area contributed by atoms with Gasteiger partial charge in [-0.2, -0.15) is 0 Å². The SMILES string of the molecule is CN1CCO[C@@H](C(=O)N(C)C[C@H]2CCc3nccn3C2)C1. The van der Waals surface area contributed by atoms with Gasteiger partial charge in [0.2, 0.25) is 0 Å². The molecular weight excluding hydrogens is 268 g/mol. The Balaban J connectivity index is 1.54. The van der Waals surface area contributed by atoms with E-state index in [9.17, 15) is 4.79 Å². The van der Waals surface area contributed by atoms with Crippen molar-refractivity contribution in [3.8, 4) is 0 Å². The van der Waals surface area contributed by atoms with E-state index in [0.29, 0.717) is 19.1 Å². The Hall–Kier alpha value is -1.40. The summed E-state index contributed by atoms with van der Waals surface area (Å²) in [5, 5.41) is 0. The Kier molecular flexibility index (Phi) is 4.26. The lowest BCUT2D eigenvalue weighted by molar-refractivity contribution is -0.148. The van der Waals surface area contributed by atoms with Gasteiger partial charge in [-0.3, -0.25) is 4.79 Å². The first-order valence-electron chi connectivity index (χ1n) is 7.68. The van der Waals surface area contributed by atoms with Gasteiger partial charge in [0, 0.05) is 52.0 Å². The van der Waals surface area contributed by atoms with Crippen LogP contribution in [-0.4, -0.2) is 71.7 Å². The van der Waals surface area contributed by atoms with Crippen molar-refractivity contribution >= 4 is 5.91 Å². The maximum absolute atomic E-state index is 12.5. The fourth-order valence-electron chi connectivity index (χ4n) is 3.24. The molecule has 21 heavy (non-hydrogen) atoms. The van der Waals surface area contributed by atoms with Crippen LogP contribution in [0.15, 0.2) is 12.4 Å². The summed E-state index contributed by atoms with van der Waals surface area (Å²) in [5.74, 6) is 1.78. The Morgan fingerprint density at radius 3 is 3.19 bits per heavy atom. The summed E-state index contributed by atoms with van der Waals surface area (Å²) in [6.07, 6.45) is 5.68. The van der Waals surface area contributed by atoms with Crippen LogP contribution in [0.25, 0.3) is 0 Å². The number of hydrogen-bond acceptors (Lipinski definition) is 4. The van der Waals surface area contributed by atoms with E-state index in [0.717, 1.165) is 38.3 Å². The molecular formula is C15H24N4O2. The lowest BCUT2D eigenvalue weighted by atomic mass is 9.98. The van der Waals surface area contributed by atoms with Gasteiger partial charge < -0.3 is 19.1 Å². The molecule has 6 nitrogen and oxygen atoms in total. The van der Waals surface area contributed by atoms with Crippen LogP contribution < -0.4 is 0 Å². The number of hydrogen-bond donors (Lipinski definition) is 0. The maximum Gasteiger partial charge on any atom is 0.252 e. The number of carbonyl (C=O) groups excluding carboxylic acids is 1. The van der Waals surface area contributed by atoms with Crippen molar-refractivity contribution in [1.29, 1.82) is 0 Å². The Labute approximate surface area is 125 Å². The summed E-state index contributed by atoms with van der Waals surface area (Å²) in [4.78, 5) is 20.8. The van der Waals surface area contributed by atoms with E-state index < -0.39 is 0 Å². The van der Waals surface area contributed by atoms with Crippen LogP contribution in [0.3, 0.4) is 0 Å². The summed E-state index contributed by atoms with van der Waals surface area (Å²) in [6, 6.07) is 0. The number of imidazole rings is 1. The molecule has 1 aromatic heterocycles. The summed E-state index contributed by atoms with van der Waals surface area (Å²) in [5.41, 5.74) is 0. The highest BCUT2D eigenvalue weighted by Crippen LogP contribution is 2.20. The molecule has 1 saturated heterocycles. The molecule has 3 rings (SSSR count). The summed E-state index contributed by atoms with van der Waals surface area (Å²) in [6.45, 7) is 3.99. The highest BCUT2D eigenvalue weighted by Gasteiger charge is 2.29. The maximum atomic E-state index is 12.5. The third-order valence-corrected chi connectivity index (χ3v) is 4.49. The van der Waals surface area contributed by atoms with E-state index in [1.807, 2.05) is 31.4 Å². The summed E-state index contributed by atoms with van der Waals surface area (Å²) < 4.78 is 7.82. The number of aromatic nitrogens is 2. The molecule has 0 aliphatic carbocycles. The third-order valence-electron chi connectivity index (χ3n) is 4.49. The molecule has 0 unspecified atom stereocenters. The summed E-state index contributed by atoms with van der Waals surface area (Å²) >= 11 is 0. The molecule has 1 amide bonds. The van der Waals surface area contributed by atoms with Gasteiger partial charge in [0.15, 0.2) is 0 Å². The molecule has 116 valence electrons. The minimum absolute atomic E-state index is 0.109. The molecule has 0 N–H and O–H groups in total. The molecule has 0 aromatic carbocycles. The molecule has 0 bridgehead atoms. The number of carbonyl (C=O) groups is 1. The van der Waals surface area contributed by atoms with Crippen molar-refractivity contribution in [1.82, 2.24) is 19.4 Å². The van der Waals surface area contributed by atoms with Gasteiger partial charge in [-0.25, -0.2) is 4.98 Å². The van der Waals surface area contributed by atoms with E-state index in [2.05, 4.69) is 14.5 Å². The minimum atomic E-state index is -0.304. The van der Waals surface area contributed by atoms with Gasteiger partial charge in [0.1, 0.15) is 11.9 Å². The number of rotatable bonds is 3. The standard InChI is InChI=1S/C15H24N4O2/c1-17-7-8-21-13(11-17)15(20)18(2)9-12-3-4-14-16-5-6-19(14)10-12/h5-6,12-13H,3-4,7-11H2,1-2H3/t12-,13-/m1/s1. The second kappa shape index (κ2) is 6.15. The first kappa shape index (κ1) is 14.5. The molecule has 1 fully saturated rings. The van der Waals surface area contributed by atoms with Crippen molar-refractivity contribution in [3.05, 3.63) is 18.2 Å². The van der Waals surface area contributed by atoms with Crippen molar-refractivity contribution in [2.45, 2.75) is 25.5 Å². The fourth-order valence-corrected chi connectivity index (χ4v) is 3.24. The fraction of sp³-hybridized carbons (Fsp3) is 0.733. The normalized spacial score (nSPS) is 26.4. The number of aryl methyl sites for hydroxylation is 1. The molecule has 2 atom stereocenters. The Morgan fingerprint density at radius 2 is 2.38 bits per heavy atom. The second-order valence-electron chi connectivity index (χ2n) is 6.24. The van der Waals surface area contributed by atoms with Crippen molar-refractivity contribution in [2.75, 3.05) is 40.3 Å². The van der Waals surface area contributed by atoms with E-state index in [1.54, 1.807) is 0 Å². The van der Waals surface area contributed by atoms with Crippen LogP contribution in [0.1, 0.15) is 12.2 Å².